The Labute approximate surface area is 78.9 Å². The molecule has 0 bridgehead atoms. The zero-order valence-electron chi connectivity index (χ0n) is 8.54. The molecular formula is C10H17N3. The van der Waals surface area contributed by atoms with Crippen molar-refractivity contribution in [3.8, 4) is 0 Å². The van der Waals surface area contributed by atoms with Gasteiger partial charge in [0.1, 0.15) is 0 Å². The molecule has 0 amide bonds. The van der Waals surface area contributed by atoms with E-state index in [1.54, 1.807) is 0 Å². The second-order valence-electron chi connectivity index (χ2n) is 4.78. The van der Waals surface area contributed by atoms with Crippen LogP contribution in [0.1, 0.15) is 26.0 Å². The number of nitrogens with two attached hydrogens (primary N) is 1. The summed E-state index contributed by atoms with van der Waals surface area (Å²) in [5.74, 6) is 0.784. The van der Waals surface area contributed by atoms with E-state index >= 15 is 0 Å². The second kappa shape index (κ2) is 2.50. The minimum absolute atomic E-state index is 0.522. The molecule has 2 rings (SSSR count). The van der Waals surface area contributed by atoms with Crippen LogP contribution < -0.4 is 5.73 Å². The molecule has 0 aromatic carbocycles. The third kappa shape index (κ3) is 1.55. The second-order valence-corrected chi connectivity index (χ2v) is 4.78. The number of anilines is 1. The highest BCUT2D eigenvalue weighted by Gasteiger charge is 2.45. The molecule has 3 nitrogen and oxygen atoms in total. The maximum Gasteiger partial charge on any atom is 0.0822 e. The summed E-state index contributed by atoms with van der Waals surface area (Å²) < 4.78 is 1.98. The number of hydrogen-bond acceptors (Lipinski definition) is 2. The molecular weight excluding hydrogens is 162 g/mol. The molecule has 0 spiro atoms. The van der Waals surface area contributed by atoms with Crippen LogP contribution in [-0.4, -0.2) is 9.78 Å². The smallest absolute Gasteiger partial charge is 0.0822 e. The van der Waals surface area contributed by atoms with Gasteiger partial charge in [0.2, 0.25) is 0 Å². The van der Waals surface area contributed by atoms with Crippen LogP contribution in [0.3, 0.4) is 0 Å². The SMILES string of the molecule is Cc1nn(CC2CC2(C)C)cc1N. The molecule has 1 heterocycles. The highest BCUT2D eigenvalue weighted by Crippen LogP contribution is 2.52. The number of aromatic nitrogens is 2. The van der Waals surface area contributed by atoms with E-state index in [1.807, 2.05) is 17.8 Å². The van der Waals surface area contributed by atoms with E-state index < -0.39 is 0 Å². The van der Waals surface area contributed by atoms with Gasteiger partial charge in [-0.15, -0.1) is 0 Å². The van der Waals surface area contributed by atoms with E-state index in [9.17, 15) is 0 Å². The summed E-state index contributed by atoms with van der Waals surface area (Å²) in [6, 6.07) is 0. The molecule has 1 fully saturated rings. The van der Waals surface area contributed by atoms with Gasteiger partial charge in [0.05, 0.1) is 11.4 Å². The fourth-order valence-electron chi connectivity index (χ4n) is 1.74. The van der Waals surface area contributed by atoms with E-state index in [2.05, 4.69) is 18.9 Å². The molecule has 13 heavy (non-hydrogen) atoms. The van der Waals surface area contributed by atoms with Crippen LogP contribution in [-0.2, 0) is 6.54 Å². The van der Waals surface area contributed by atoms with Gasteiger partial charge in [-0.1, -0.05) is 13.8 Å². The fourth-order valence-corrected chi connectivity index (χ4v) is 1.74. The normalized spacial score (nSPS) is 24.7. The molecule has 1 aliphatic carbocycles. The van der Waals surface area contributed by atoms with Crippen LogP contribution in [0.5, 0.6) is 0 Å². The van der Waals surface area contributed by atoms with Crippen molar-refractivity contribution in [1.82, 2.24) is 9.78 Å². The predicted molar refractivity (Wildman–Crippen MR) is 53.3 cm³/mol. The van der Waals surface area contributed by atoms with Crippen molar-refractivity contribution in [3.05, 3.63) is 11.9 Å². The molecule has 0 radical (unpaired) electrons. The first kappa shape index (κ1) is 8.60. The molecule has 1 atom stereocenters. The van der Waals surface area contributed by atoms with Crippen LogP contribution in [0.15, 0.2) is 6.20 Å². The molecule has 1 aromatic heterocycles. The minimum Gasteiger partial charge on any atom is -0.396 e. The molecule has 3 heteroatoms. The van der Waals surface area contributed by atoms with E-state index in [-0.39, 0.29) is 0 Å². The summed E-state index contributed by atoms with van der Waals surface area (Å²) in [4.78, 5) is 0. The topological polar surface area (TPSA) is 43.8 Å². The number of nitrogen functional groups attached to an aromatic ring is 1. The molecule has 2 N–H and O–H groups in total. The van der Waals surface area contributed by atoms with E-state index in [4.69, 9.17) is 5.73 Å². The Morgan fingerprint density at radius 3 is 2.69 bits per heavy atom. The first-order valence-electron chi connectivity index (χ1n) is 4.78. The maximum absolute atomic E-state index is 5.72. The zero-order chi connectivity index (χ0) is 9.64. The number of nitrogens with zero attached hydrogens (tertiary/aromatic N) is 2. The largest absolute Gasteiger partial charge is 0.396 e. The van der Waals surface area contributed by atoms with Gasteiger partial charge in [-0.2, -0.15) is 5.10 Å². The Morgan fingerprint density at radius 2 is 2.31 bits per heavy atom. The van der Waals surface area contributed by atoms with Gasteiger partial charge < -0.3 is 5.73 Å². The summed E-state index contributed by atoms with van der Waals surface area (Å²) >= 11 is 0. The lowest BCUT2D eigenvalue weighted by atomic mass is 10.1. The van der Waals surface area contributed by atoms with Crippen molar-refractivity contribution in [3.63, 3.8) is 0 Å². The number of aryl methyl sites for hydroxylation is 1. The van der Waals surface area contributed by atoms with Crippen LogP contribution in [0.4, 0.5) is 5.69 Å². The van der Waals surface area contributed by atoms with Crippen LogP contribution in [0, 0.1) is 18.3 Å². The summed E-state index contributed by atoms with van der Waals surface area (Å²) in [6.07, 6.45) is 3.25. The average molecular weight is 179 g/mol. The van der Waals surface area contributed by atoms with E-state index in [0.717, 1.165) is 23.8 Å². The van der Waals surface area contributed by atoms with Gasteiger partial charge >= 0.3 is 0 Å². The lowest BCUT2D eigenvalue weighted by Crippen LogP contribution is -2.04. The van der Waals surface area contributed by atoms with Gasteiger partial charge in [-0.25, -0.2) is 0 Å². The van der Waals surface area contributed by atoms with Crippen LogP contribution in [0.25, 0.3) is 0 Å². The van der Waals surface area contributed by atoms with Crippen molar-refractivity contribution in [1.29, 1.82) is 0 Å². The van der Waals surface area contributed by atoms with Gasteiger partial charge in [-0.3, -0.25) is 4.68 Å². The fraction of sp³-hybridized carbons (Fsp3) is 0.700. The highest BCUT2D eigenvalue weighted by atomic mass is 15.3. The molecule has 72 valence electrons. The van der Waals surface area contributed by atoms with Crippen molar-refractivity contribution in [2.45, 2.75) is 33.7 Å². The lowest BCUT2D eigenvalue weighted by Gasteiger charge is -2.02. The summed E-state index contributed by atoms with van der Waals surface area (Å²) in [7, 11) is 0. The Hall–Kier alpha value is -0.990. The summed E-state index contributed by atoms with van der Waals surface area (Å²) in [5, 5.41) is 4.35. The Kier molecular flexibility index (Phi) is 1.65. The standard InChI is InChI=1S/C10H17N3/c1-7-9(11)6-13(12-7)5-8-4-10(8,2)3/h6,8H,4-5,11H2,1-3H3. The van der Waals surface area contributed by atoms with Crippen molar-refractivity contribution >= 4 is 5.69 Å². The molecule has 1 aliphatic rings. The zero-order valence-corrected chi connectivity index (χ0v) is 8.54. The lowest BCUT2D eigenvalue weighted by molar-refractivity contribution is 0.471. The Morgan fingerprint density at radius 1 is 1.69 bits per heavy atom. The van der Waals surface area contributed by atoms with Gasteiger partial charge in [0.15, 0.2) is 0 Å². The van der Waals surface area contributed by atoms with E-state index in [0.29, 0.717) is 5.41 Å². The average Bonchev–Trinajstić information content (AvgIpc) is 2.44. The third-order valence-electron chi connectivity index (χ3n) is 3.11. The van der Waals surface area contributed by atoms with Gasteiger partial charge in [0.25, 0.3) is 0 Å². The quantitative estimate of drug-likeness (QED) is 0.752. The molecule has 0 saturated heterocycles. The summed E-state index contributed by atoms with van der Waals surface area (Å²) in [6.45, 7) is 7.57. The number of rotatable bonds is 2. The Bertz CT molecular complexity index is 305. The molecule has 1 aromatic rings. The van der Waals surface area contributed by atoms with Gasteiger partial charge in [-0.05, 0) is 24.7 Å². The molecule has 0 aliphatic heterocycles. The molecule has 1 unspecified atom stereocenters. The van der Waals surface area contributed by atoms with Crippen molar-refractivity contribution < 1.29 is 0 Å². The minimum atomic E-state index is 0.522. The predicted octanol–water partition coefficient (Wildman–Crippen LogP) is 1.82. The van der Waals surface area contributed by atoms with Crippen molar-refractivity contribution in [2.24, 2.45) is 11.3 Å². The number of hydrogen-bond donors (Lipinski definition) is 1. The highest BCUT2D eigenvalue weighted by molar-refractivity contribution is 5.39. The first-order valence-corrected chi connectivity index (χ1v) is 4.78. The van der Waals surface area contributed by atoms with Crippen LogP contribution >= 0.6 is 0 Å². The monoisotopic (exact) mass is 179 g/mol. The third-order valence-corrected chi connectivity index (χ3v) is 3.11. The van der Waals surface area contributed by atoms with Crippen LogP contribution in [0.2, 0.25) is 0 Å². The van der Waals surface area contributed by atoms with Crippen molar-refractivity contribution in [2.75, 3.05) is 5.73 Å². The van der Waals surface area contributed by atoms with Gasteiger partial charge in [0, 0.05) is 12.7 Å². The molecule has 1 saturated carbocycles. The summed E-state index contributed by atoms with van der Waals surface area (Å²) in [5.41, 5.74) is 7.99. The maximum atomic E-state index is 5.72. The Balaban J connectivity index is 2.03. The first-order chi connectivity index (χ1) is 5.99. The van der Waals surface area contributed by atoms with E-state index in [1.165, 1.54) is 6.42 Å².